The van der Waals surface area contributed by atoms with Crippen LogP contribution in [0.1, 0.15) is 226 Å². The van der Waals surface area contributed by atoms with Gasteiger partial charge in [0, 0.05) is 19.3 Å². The van der Waals surface area contributed by atoms with Gasteiger partial charge in [0.1, 0.15) is 12.7 Å². The van der Waals surface area contributed by atoms with E-state index in [4.69, 9.17) is 23.3 Å². The Labute approximate surface area is 438 Å². The first-order chi connectivity index (χ1) is 35.2. The Morgan fingerprint density at radius 1 is 0.403 bits per heavy atom. The van der Waals surface area contributed by atoms with Crippen molar-refractivity contribution in [1.29, 1.82) is 0 Å². The Morgan fingerprint density at radius 3 is 1.17 bits per heavy atom. The number of carbonyl (C=O) groups is 3. The number of esters is 3. The van der Waals surface area contributed by atoms with Crippen LogP contribution >= 0.6 is 7.82 Å². The van der Waals surface area contributed by atoms with Crippen LogP contribution in [0.4, 0.5) is 0 Å². The fourth-order valence-corrected chi connectivity index (χ4v) is 8.02. The van der Waals surface area contributed by atoms with E-state index < -0.39 is 57.8 Å². The summed E-state index contributed by atoms with van der Waals surface area (Å²) in [6, 6.07) is 0. The molecule has 0 aromatic rings. The van der Waals surface area contributed by atoms with Crippen molar-refractivity contribution in [3.05, 3.63) is 97.2 Å². The molecular formula is C60H101O11P. The highest BCUT2D eigenvalue weighted by atomic mass is 31.2. The largest absolute Gasteiger partial charge is 0.472 e. The molecule has 0 spiro atoms. The van der Waals surface area contributed by atoms with Crippen LogP contribution in [0.2, 0.25) is 0 Å². The molecule has 12 heteroatoms. The standard InChI is InChI=1S/C60H101O11P/c1-4-7-10-13-16-19-22-25-27-28-30-32-34-37-40-43-46-49-58(62)67-53-57(71-60(64)51-48-45-42-39-36-33-29-26-23-20-17-14-11-8-5-2)55-69-72(65,66)68-54-56(52-61)70-59(63)50-47-44-41-38-35-31-24-21-18-15-12-9-6-3/h8-9,11-12,17-18,20-21,25-27,29,31,35-36,39,56-57,61H,4-7,10,13-16,19,22-24,28,30,32-34,37-38,40-55H2,1-3H3,(H,65,66)/b11-8-,12-9-,20-17-,21-18-,27-25-,29-26-,35-31-,39-36-. The molecule has 2 N–H and O–H groups in total. The lowest BCUT2D eigenvalue weighted by molar-refractivity contribution is -0.161. The summed E-state index contributed by atoms with van der Waals surface area (Å²) in [5.74, 6) is -1.56. The zero-order chi connectivity index (χ0) is 52.7. The Morgan fingerprint density at radius 2 is 0.722 bits per heavy atom. The van der Waals surface area contributed by atoms with Crippen molar-refractivity contribution in [3.63, 3.8) is 0 Å². The van der Waals surface area contributed by atoms with Crippen molar-refractivity contribution >= 4 is 25.7 Å². The molecule has 3 atom stereocenters. The van der Waals surface area contributed by atoms with Crippen LogP contribution in [0.25, 0.3) is 0 Å². The SMILES string of the molecule is CC/C=C\C/C=C\C/C=C\C/C=C\CCCCC(=O)OC(COC(=O)CCCCCCCCC/C=C\CCCCCCCC)COP(=O)(O)OCC(CO)OC(=O)CCCCC/C=C\C/C=C\C/C=C\CC. The highest BCUT2D eigenvalue weighted by Crippen LogP contribution is 2.43. The van der Waals surface area contributed by atoms with E-state index in [-0.39, 0.29) is 25.9 Å². The fraction of sp³-hybridized carbons (Fsp3) is 0.683. The third-order valence-electron chi connectivity index (χ3n) is 11.5. The summed E-state index contributed by atoms with van der Waals surface area (Å²) < 4.78 is 39.4. The van der Waals surface area contributed by atoms with Gasteiger partial charge in [0.15, 0.2) is 6.10 Å². The number of hydrogen-bond donors (Lipinski definition) is 2. The van der Waals surface area contributed by atoms with Gasteiger partial charge in [-0.3, -0.25) is 23.4 Å². The van der Waals surface area contributed by atoms with Crippen molar-refractivity contribution in [3.8, 4) is 0 Å². The molecule has 0 aliphatic rings. The van der Waals surface area contributed by atoms with Crippen molar-refractivity contribution < 1.29 is 52.2 Å². The van der Waals surface area contributed by atoms with Gasteiger partial charge in [-0.15, -0.1) is 0 Å². The summed E-state index contributed by atoms with van der Waals surface area (Å²) in [6.07, 6.45) is 62.3. The maximum atomic E-state index is 12.9. The van der Waals surface area contributed by atoms with Crippen LogP contribution in [-0.2, 0) is 42.2 Å². The maximum Gasteiger partial charge on any atom is 0.472 e. The van der Waals surface area contributed by atoms with Crippen LogP contribution < -0.4 is 0 Å². The van der Waals surface area contributed by atoms with E-state index in [1.54, 1.807) is 0 Å². The molecule has 0 fully saturated rings. The minimum Gasteiger partial charge on any atom is -0.462 e. The van der Waals surface area contributed by atoms with Gasteiger partial charge >= 0.3 is 25.7 Å². The second kappa shape index (κ2) is 53.7. The van der Waals surface area contributed by atoms with Crippen LogP contribution in [0.3, 0.4) is 0 Å². The number of carbonyl (C=O) groups excluding carboxylic acids is 3. The number of ether oxygens (including phenoxy) is 3. The summed E-state index contributed by atoms with van der Waals surface area (Å²) in [5.41, 5.74) is 0. The lowest BCUT2D eigenvalue weighted by atomic mass is 10.1. The number of aliphatic hydroxyl groups is 1. The predicted molar refractivity (Wildman–Crippen MR) is 297 cm³/mol. The van der Waals surface area contributed by atoms with Gasteiger partial charge in [-0.05, 0) is 116 Å². The molecule has 0 saturated heterocycles. The number of allylic oxidation sites excluding steroid dienone is 16. The lowest BCUT2D eigenvalue weighted by Gasteiger charge is -2.21. The molecule has 11 nitrogen and oxygen atoms in total. The Balaban J connectivity index is 4.82. The van der Waals surface area contributed by atoms with E-state index in [0.29, 0.717) is 19.3 Å². The van der Waals surface area contributed by atoms with E-state index in [2.05, 4.69) is 118 Å². The summed E-state index contributed by atoms with van der Waals surface area (Å²) >= 11 is 0. The van der Waals surface area contributed by atoms with E-state index in [1.165, 1.54) is 64.2 Å². The molecule has 0 aromatic heterocycles. The molecular weight excluding hydrogens is 928 g/mol. The lowest BCUT2D eigenvalue weighted by Crippen LogP contribution is -2.30. The number of hydrogen-bond acceptors (Lipinski definition) is 10. The molecule has 72 heavy (non-hydrogen) atoms. The predicted octanol–water partition coefficient (Wildman–Crippen LogP) is 16.5. The first-order valence-corrected chi connectivity index (χ1v) is 29.6. The Hall–Kier alpha value is -3.60. The normalized spacial score (nSPS) is 14.1. The molecule has 0 aliphatic carbocycles. The third-order valence-corrected chi connectivity index (χ3v) is 12.4. The van der Waals surface area contributed by atoms with E-state index in [9.17, 15) is 28.9 Å². The average molecular weight is 1030 g/mol. The molecule has 0 aromatic carbocycles. The Kier molecular flexibility index (Phi) is 51.0. The third kappa shape index (κ3) is 51.3. The fourth-order valence-electron chi connectivity index (χ4n) is 7.24. The molecule has 0 aliphatic heterocycles. The van der Waals surface area contributed by atoms with Gasteiger partial charge in [0.2, 0.25) is 0 Å². The summed E-state index contributed by atoms with van der Waals surface area (Å²) in [4.78, 5) is 48.5. The van der Waals surface area contributed by atoms with E-state index >= 15 is 0 Å². The van der Waals surface area contributed by atoms with Gasteiger partial charge in [0.25, 0.3) is 0 Å². The minimum atomic E-state index is -4.77. The van der Waals surface area contributed by atoms with Crippen molar-refractivity contribution in [2.75, 3.05) is 26.4 Å². The average Bonchev–Trinajstić information content (AvgIpc) is 3.37. The monoisotopic (exact) mass is 1030 g/mol. The molecule has 0 heterocycles. The van der Waals surface area contributed by atoms with Gasteiger partial charge in [-0.2, -0.15) is 0 Å². The van der Waals surface area contributed by atoms with Gasteiger partial charge in [0.05, 0.1) is 19.8 Å². The van der Waals surface area contributed by atoms with Crippen LogP contribution in [0.5, 0.6) is 0 Å². The molecule has 412 valence electrons. The van der Waals surface area contributed by atoms with Crippen molar-refractivity contribution in [2.45, 2.75) is 238 Å². The molecule has 0 saturated carbocycles. The molecule has 3 unspecified atom stereocenters. The van der Waals surface area contributed by atoms with Gasteiger partial charge < -0.3 is 24.2 Å². The van der Waals surface area contributed by atoms with Gasteiger partial charge in [-0.1, -0.05) is 189 Å². The number of aliphatic hydroxyl groups excluding tert-OH is 1. The zero-order valence-electron chi connectivity index (χ0n) is 45.4. The summed E-state index contributed by atoms with van der Waals surface area (Å²) in [6.45, 7) is 4.31. The zero-order valence-corrected chi connectivity index (χ0v) is 46.3. The molecule has 0 rings (SSSR count). The number of phosphoric ester groups is 1. The molecule has 0 amide bonds. The quantitative estimate of drug-likeness (QED) is 0.0197. The minimum absolute atomic E-state index is 0.108. The smallest absolute Gasteiger partial charge is 0.462 e. The summed E-state index contributed by atoms with van der Waals surface area (Å²) in [7, 11) is -4.77. The van der Waals surface area contributed by atoms with Crippen molar-refractivity contribution in [1.82, 2.24) is 0 Å². The molecule has 0 radical (unpaired) electrons. The van der Waals surface area contributed by atoms with Crippen LogP contribution in [0.15, 0.2) is 97.2 Å². The number of rotatable bonds is 51. The second-order valence-electron chi connectivity index (χ2n) is 18.3. The number of unbranched alkanes of at least 4 members (excludes halogenated alkanes) is 18. The molecule has 0 bridgehead atoms. The maximum absolute atomic E-state index is 12.9. The highest BCUT2D eigenvalue weighted by molar-refractivity contribution is 7.47. The van der Waals surface area contributed by atoms with Crippen LogP contribution in [0, 0.1) is 0 Å². The van der Waals surface area contributed by atoms with E-state index in [1.807, 2.05) is 0 Å². The van der Waals surface area contributed by atoms with Crippen molar-refractivity contribution in [2.24, 2.45) is 0 Å². The summed E-state index contributed by atoms with van der Waals surface area (Å²) in [5, 5.41) is 9.79. The van der Waals surface area contributed by atoms with Gasteiger partial charge in [-0.25, -0.2) is 4.57 Å². The highest BCUT2D eigenvalue weighted by Gasteiger charge is 2.28. The number of phosphoric acid groups is 1. The second-order valence-corrected chi connectivity index (χ2v) is 19.8. The van der Waals surface area contributed by atoms with E-state index in [0.717, 1.165) is 103 Å². The van der Waals surface area contributed by atoms with Crippen LogP contribution in [-0.4, -0.2) is 66.5 Å². The first-order valence-electron chi connectivity index (χ1n) is 28.1. The topological polar surface area (TPSA) is 155 Å². The Bertz CT molecular complexity index is 1580. The first kappa shape index (κ1) is 68.4.